The van der Waals surface area contributed by atoms with Gasteiger partial charge in [-0.25, -0.2) is 0 Å². The fourth-order valence-corrected chi connectivity index (χ4v) is 2.10. The van der Waals surface area contributed by atoms with Gasteiger partial charge in [0, 0.05) is 12.1 Å². The summed E-state index contributed by atoms with van der Waals surface area (Å²) in [6.07, 6.45) is 0.949. The predicted octanol–water partition coefficient (Wildman–Crippen LogP) is 3.07. The fraction of sp³-hybridized carbons (Fsp3) is 0.462. The molecule has 0 bridgehead atoms. The standard InChI is InChI=1S/C13H17ClN2O/c1-13(2)7-11(16-15-8-13)9-4-5-10(14)12(6-9)17-3/h4-6,15H,7-8H2,1-3H3. The van der Waals surface area contributed by atoms with E-state index in [1.54, 1.807) is 7.11 Å². The molecule has 1 aromatic carbocycles. The predicted molar refractivity (Wildman–Crippen MR) is 70.9 cm³/mol. The van der Waals surface area contributed by atoms with Crippen LogP contribution in [0.5, 0.6) is 5.75 Å². The molecule has 1 aliphatic rings. The highest BCUT2D eigenvalue weighted by atomic mass is 35.5. The molecule has 0 atom stereocenters. The summed E-state index contributed by atoms with van der Waals surface area (Å²) in [7, 11) is 1.62. The third-order valence-corrected chi connectivity index (χ3v) is 3.21. The number of hydrogen-bond donors (Lipinski definition) is 1. The summed E-state index contributed by atoms with van der Waals surface area (Å²) in [6.45, 7) is 5.35. The molecule has 92 valence electrons. The van der Waals surface area contributed by atoms with Gasteiger partial charge in [0.1, 0.15) is 5.75 Å². The minimum Gasteiger partial charge on any atom is -0.495 e. The molecular weight excluding hydrogens is 236 g/mol. The summed E-state index contributed by atoms with van der Waals surface area (Å²) in [6, 6.07) is 5.76. The largest absolute Gasteiger partial charge is 0.495 e. The quantitative estimate of drug-likeness (QED) is 0.878. The van der Waals surface area contributed by atoms with Crippen molar-refractivity contribution >= 4 is 17.3 Å². The van der Waals surface area contributed by atoms with Crippen molar-refractivity contribution in [3.8, 4) is 5.75 Å². The van der Waals surface area contributed by atoms with E-state index in [1.165, 1.54) is 0 Å². The van der Waals surface area contributed by atoms with Crippen LogP contribution >= 0.6 is 11.6 Å². The van der Waals surface area contributed by atoms with Crippen LogP contribution in [0.1, 0.15) is 25.8 Å². The first kappa shape index (κ1) is 12.2. The molecule has 0 unspecified atom stereocenters. The van der Waals surface area contributed by atoms with Gasteiger partial charge in [-0.05, 0) is 24.0 Å². The van der Waals surface area contributed by atoms with Crippen molar-refractivity contribution in [2.24, 2.45) is 10.5 Å². The van der Waals surface area contributed by atoms with Gasteiger partial charge in [-0.15, -0.1) is 0 Å². The van der Waals surface area contributed by atoms with Crippen LogP contribution in [0.2, 0.25) is 5.02 Å². The molecule has 0 fully saturated rings. The van der Waals surface area contributed by atoms with Crippen LogP contribution in [0, 0.1) is 5.41 Å². The van der Waals surface area contributed by atoms with E-state index in [2.05, 4.69) is 24.4 Å². The number of methoxy groups -OCH3 is 1. The molecule has 0 saturated carbocycles. The minimum absolute atomic E-state index is 0.226. The zero-order chi connectivity index (χ0) is 12.5. The van der Waals surface area contributed by atoms with Crippen molar-refractivity contribution in [3.63, 3.8) is 0 Å². The van der Waals surface area contributed by atoms with E-state index in [0.717, 1.165) is 24.2 Å². The number of rotatable bonds is 2. The summed E-state index contributed by atoms with van der Waals surface area (Å²) in [4.78, 5) is 0. The number of halogens is 1. The van der Waals surface area contributed by atoms with Crippen LogP contribution in [0.25, 0.3) is 0 Å². The number of hydrazone groups is 1. The summed E-state index contributed by atoms with van der Waals surface area (Å²) in [5.74, 6) is 0.690. The van der Waals surface area contributed by atoms with Crippen molar-refractivity contribution in [1.82, 2.24) is 5.43 Å². The zero-order valence-corrected chi connectivity index (χ0v) is 11.1. The smallest absolute Gasteiger partial charge is 0.138 e. The Labute approximate surface area is 107 Å². The van der Waals surface area contributed by atoms with Gasteiger partial charge in [0.2, 0.25) is 0 Å². The average molecular weight is 253 g/mol. The molecule has 2 rings (SSSR count). The Hall–Kier alpha value is -1.22. The zero-order valence-electron chi connectivity index (χ0n) is 10.4. The first-order valence-electron chi connectivity index (χ1n) is 5.65. The molecule has 1 N–H and O–H groups in total. The van der Waals surface area contributed by atoms with Crippen LogP contribution in [-0.4, -0.2) is 19.4 Å². The molecule has 0 saturated heterocycles. The van der Waals surface area contributed by atoms with Crippen LogP contribution < -0.4 is 10.2 Å². The topological polar surface area (TPSA) is 33.6 Å². The molecule has 0 amide bonds. The fourth-order valence-electron chi connectivity index (χ4n) is 1.91. The highest BCUT2D eigenvalue weighted by Gasteiger charge is 2.25. The van der Waals surface area contributed by atoms with E-state index >= 15 is 0 Å². The monoisotopic (exact) mass is 252 g/mol. The van der Waals surface area contributed by atoms with Crippen molar-refractivity contribution < 1.29 is 4.74 Å². The van der Waals surface area contributed by atoms with E-state index in [0.29, 0.717) is 10.8 Å². The van der Waals surface area contributed by atoms with Gasteiger partial charge in [0.15, 0.2) is 0 Å². The lowest BCUT2D eigenvalue weighted by molar-refractivity contribution is 0.342. The molecule has 3 nitrogen and oxygen atoms in total. The molecule has 0 aliphatic carbocycles. The maximum atomic E-state index is 6.01. The highest BCUT2D eigenvalue weighted by molar-refractivity contribution is 6.32. The van der Waals surface area contributed by atoms with E-state index in [9.17, 15) is 0 Å². The van der Waals surface area contributed by atoms with E-state index in [1.807, 2.05) is 18.2 Å². The maximum Gasteiger partial charge on any atom is 0.138 e. The van der Waals surface area contributed by atoms with Gasteiger partial charge in [0.05, 0.1) is 17.8 Å². The van der Waals surface area contributed by atoms with E-state index in [-0.39, 0.29) is 5.41 Å². The highest BCUT2D eigenvalue weighted by Crippen LogP contribution is 2.29. The lowest BCUT2D eigenvalue weighted by atomic mass is 9.84. The molecule has 1 heterocycles. The lowest BCUT2D eigenvalue weighted by Gasteiger charge is -2.29. The van der Waals surface area contributed by atoms with Crippen molar-refractivity contribution in [3.05, 3.63) is 28.8 Å². The summed E-state index contributed by atoms with van der Waals surface area (Å²) in [5.41, 5.74) is 5.43. The van der Waals surface area contributed by atoms with Crippen LogP contribution in [0.3, 0.4) is 0 Å². The number of hydrogen-bond acceptors (Lipinski definition) is 3. The molecule has 1 aliphatic heterocycles. The van der Waals surface area contributed by atoms with Gasteiger partial charge < -0.3 is 10.2 Å². The number of nitrogens with zero attached hydrogens (tertiary/aromatic N) is 1. The normalized spacial score (nSPS) is 18.2. The van der Waals surface area contributed by atoms with Crippen LogP contribution in [0.4, 0.5) is 0 Å². The Morgan fingerprint density at radius 2 is 2.18 bits per heavy atom. The molecule has 1 aromatic rings. The molecule has 0 aromatic heterocycles. The average Bonchev–Trinajstić information content (AvgIpc) is 2.28. The number of ether oxygens (including phenoxy) is 1. The van der Waals surface area contributed by atoms with E-state index < -0.39 is 0 Å². The summed E-state index contributed by atoms with van der Waals surface area (Å²) in [5, 5.41) is 4.99. The second-order valence-corrected chi connectivity index (χ2v) is 5.49. The van der Waals surface area contributed by atoms with Gasteiger partial charge in [-0.3, -0.25) is 0 Å². The van der Waals surface area contributed by atoms with Gasteiger partial charge in [0.25, 0.3) is 0 Å². The number of nitrogens with one attached hydrogen (secondary N) is 1. The first-order valence-corrected chi connectivity index (χ1v) is 6.03. The molecular formula is C13H17ClN2O. The van der Waals surface area contributed by atoms with Gasteiger partial charge in [-0.2, -0.15) is 5.10 Å². The molecule has 0 spiro atoms. The van der Waals surface area contributed by atoms with Crippen molar-refractivity contribution in [2.45, 2.75) is 20.3 Å². The Morgan fingerprint density at radius 1 is 1.41 bits per heavy atom. The first-order chi connectivity index (χ1) is 8.02. The molecule has 17 heavy (non-hydrogen) atoms. The summed E-state index contributed by atoms with van der Waals surface area (Å²) < 4.78 is 5.22. The van der Waals surface area contributed by atoms with Crippen molar-refractivity contribution in [2.75, 3.05) is 13.7 Å². The van der Waals surface area contributed by atoms with Crippen molar-refractivity contribution in [1.29, 1.82) is 0 Å². The van der Waals surface area contributed by atoms with Gasteiger partial charge >= 0.3 is 0 Å². The Kier molecular flexibility index (Phi) is 3.29. The van der Waals surface area contributed by atoms with Gasteiger partial charge in [-0.1, -0.05) is 31.5 Å². The second kappa shape index (κ2) is 4.57. The van der Waals surface area contributed by atoms with E-state index in [4.69, 9.17) is 16.3 Å². The lowest BCUT2D eigenvalue weighted by Crippen LogP contribution is -2.34. The third kappa shape index (κ3) is 2.72. The Bertz CT molecular complexity index is 455. The van der Waals surface area contributed by atoms with Crippen LogP contribution in [0.15, 0.2) is 23.3 Å². The van der Waals surface area contributed by atoms with Crippen LogP contribution in [-0.2, 0) is 0 Å². The maximum absolute atomic E-state index is 6.01. The Morgan fingerprint density at radius 3 is 2.82 bits per heavy atom. The summed E-state index contributed by atoms with van der Waals surface area (Å²) >= 11 is 6.01. The SMILES string of the molecule is COc1cc(C2=NNCC(C)(C)C2)ccc1Cl. The molecule has 0 radical (unpaired) electrons. The second-order valence-electron chi connectivity index (χ2n) is 5.08. The third-order valence-electron chi connectivity index (χ3n) is 2.90. The molecule has 4 heteroatoms. The number of benzene rings is 1. The minimum atomic E-state index is 0.226. The Balaban J connectivity index is 2.31.